The molecule has 16 heavy (non-hydrogen) atoms. The summed E-state index contributed by atoms with van der Waals surface area (Å²) in [5, 5.41) is 3.60. The molecule has 0 unspecified atom stereocenters. The Morgan fingerprint density at radius 1 is 1.50 bits per heavy atom. The van der Waals surface area contributed by atoms with Crippen LogP contribution in [0.5, 0.6) is 5.75 Å². The Balaban J connectivity index is 2.12. The third kappa shape index (κ3) is 2.46. The molecule has 0 amide bonds. The van der Waals surface area contributed by atoms with Gasteiger partial charge in [0.05, 0.1) is 5.56 Å². The highest BCUT2D eigenvalue weighted by molar-refractivity contribution is 9.10. The fraction of sp³-hybridized carbons (Fsp3) is 0.100. The van der Waals surface area contributed by atoms with Crippen molar-refractivity contribution in [3.05, 3.63) is 40.5 Å². The van der Waals surface area contributed by atoms with Gasteiger partial charge in [0.15, 0.2) is 12.9 Å². The minimum absolute atomic E-state index is 0.166. The van der Waals surface area contributed by atoms with Crippen molar-refractivity contribution in [3.8, 4) is 5.75 Å². The molecule has 2 rings (SSSR count). The molecule has 1 aromatic heterocycles. The quantitative estimate of drug-likeness (QED) is 0.805. The first-order chi connectivity index (χ1) is 7.79. The van der Waals surface area contributed by atoms with Gasteiger partial charge in [-0.2, -0.15) is 4.98 Å². The second-order valence-corrected chi connectivity index (χ2v) is 3.85. The average molecular weight is 283 g/mol. The normalized spacial score (nSPS) is 10.1. The lowest BCUT2D eigenvalue weighted by atomic mass is 10.2. The van der Waals surface area contributed by atoms with Crippen molar-refractivity contribution in [1.29, 1.82) is 0 Å². The molecule has 0 atom stereocenters. The van der Waals surface area contributed by atoms with Crippen molar-refractivity contribution in [1.82, 2.24) is 10.1 Å². The summed E-state index contributed by atoms with van der Waals surface area (Å²) in [6.45, 7) is 0.166. The molecule has 1 aromatic carbocycles. The Morgan fingerprint density at radius 3 is 3.06 bits per heavy atom. The number of carbonyl (C=O) groups excluding carboxylic acids is 1. The Morgan fingerprint density at radius 2 is 2.38 bits per heavy atom. The van der Waals surface area contributed by atoms with E-state index in [1.165, 1.54) is 6.39 Å². The van der Waals surface area contributed by atoms with Gasteiger partial charge in [0.25, 0.3) is 0 Å². The minimum Gasteiger partial charge on any atom is -0.485 e. The van der Waals surface area contributed by atoms with Gasteiger partial charge >= 0.3 is 0 Å². The van der Waals surface area contributed by atoms with Gasteiger partial charge in [-0.15, -0.1) is 0 Å². The highest BCUT2D eigenvalue weighted by Gasteiger charge is 2.05. The van der Waals surface area contributed by atoms with E-state index < -0.39 is 0 Å². The fourth-order valence-electron chi connectivity index (χ4n) is 1.14. The highest BCUT2D eigenvalue weighted by Crippen LogP contribution is 2.22. The van der Waals surface area contributed by atoms with E-state index in [4.69, 9.17) is 4.74 Å². The van der Waals surface area contributed by atoms with Gasteiger partial charge in [-0.05, 0) is 18.2 Å². The van der Waals surface area contributed by atoms with Gasteiger partial charge in [-0.3, -0.25) is 4.79 Å². The summed E-state index contributed by atoms with van der Waals surface area (Å²) in [5.41, 5.74) is 0.470. The van der Waals surface area contributed by atoms with Crippen LogP contribution in [0.2, 0.25) is 0 Å². The topological polar surface area (TPSA) is 65.2 Å². The molecule has 2 aromatic rings. The third-order valence-electron chi connectivity index (χ3n) is 1.86. The van der Waals surface area contributed by atoms with Crippen molar-refractivity contribution in [2.24, 2.45) is 0 Å². The van der Waals surface area contributed by atoms with Crippen LogP contribution in [0.3, 0.4) is 0 Å². The van der Waals surface area contributed by atoms with E-state index in [0.29, 0.717) is 17.1 Å². The maximum absolute atomic E-state index is 10.8. The smallest absolute Gasteiger partial charge is 0.213 e. The van der Waals surface area contributed by atoms with Crippen molar-refractivity contribution < 1.29 is 14.1 Å². The molecule has 0 aliphatic carbocycles. The second kappa shape index (κ2) is 4.89. The van der Waals surface area contributed by atoms with Crippen LogP contribution >= 0.6 is 15.9 Å². The lowest BCUT2D eigenvalue weighted by Gasteiger charge is -2.06. The molecular formula is C10H7BrN2O3. The summed E-state index contributed by atoms with van der Waals surface area (Å²) >= 11 is 3.27. The van der Waals surface area contributed by atoms with Crippen LogP contribution in [-0.2, 0) is 6.61 Å². The maximum atomic E-state index is 10.8. The first kappa shape index (κ1) is 10.8. The van der Waals surface area contributed by atoms with E-state index in [1.54, 1.807) is 18.2 Å². The number of halogens is 1. The summed E-state index contributed by atoms with van der Waals surface area (Å²) in [7, 11) is 0. The number of rotatable bonds is 4. The molecule has 0 fully saturated rings. The number of nitrogens with zero attached hydrogens (tertiary/aromatic N) is 2. The molecule has 0 N–H and O–H groups in total. The Kier molecular flexibility index (Phi) is 3.31. The van der Waals surface area contributed by atoms with Gasteiger partial charge < -0.3 is 9.26 Å². The molecule has 0 saturated heterocycles. The Labute approximate surface area is 99.5 Å². The summed E-state index contributed by atoms with van der Waals surface area (Å²) in [4.78, 5) is 14.6. The van der Waals surface area contributed by atoms with Crippen molar-refractivity contribution in [2.45, 2.75) is 6.61 Å². The van der Waals surface area contributed by atoms with Crippen LogP contribution in [0.25, 0.3) is 0 Å². The predicted molar refractivity (Wildman–Crippen MR) is 58.2 cm³/mol. The highest BCUT2D eigenvalue weighted by atomic mass is 79.9. The van der Waals surface area contributed by atoms with Crippen molar-refractivity contribution >= 4 is 22.2 Å². The number of benzene rings is 1. The largest absolute Gasteiger partial charge is 0.485 e. The zero-order valence-electron chi connectivity index (χ0n) is 8.09. The number of hydrogen-bond donors (Lipinski definition) is 0. The van der Waals surface area contributed by atoms with Crippen molar-refractivity contribution in [3.63, 3.8) is 0 Å². The van der Waals surface area contributed by atoms with Crippen LogP contribution in [-0.4, -0.2) is 16.4 Å². The number of hydrogen-bond acceptors (Lipinski definition) is 5. The number of ether oxygens (including phenoxy) is 1. The number of carbonyl (C=O) groups is 1. The molecule has 6 heteroatoms. The van der Waals surface area contributed by atoms with Crippen LogP contribution in [0, 0.1) is 0 Å². The molecule has 82 valence electrons. The van der Waals surface area contributed by atoms with Crippen LogP contribution in [0.15, 0.2) is 33.6 Å². The molecule has 0 saturated carbocycles. The number of aromatic nitrogens is 2. The summed E-state index contributed by atoms with van der Waals surface area (Å²) in [6.07, 6.45) is 1.96. The molecule has 0 radical (unpaired) electrons. The Hall–Kier alpha value is -1.69. The number of aldehydes is 1. The zero-order valence-corrected chi connectivity index (χ0v) is 9.68. The SMILES string of the molecule is O=Cc1cc(Br)ccc1OCc1ncon1. The van der Waals surface area contributed by atoms with Gasteiger partial charge in [-0.25, -0.2) is 0 Å². The molecule has 0 spiro atoms. The van der Waals surface area contributed by atoms with Crippen molar-refractivity contribution in [2.75, 3.05) is 0 Å². The van der Waals surface area contributed by atoms with E-state index in [-0.39, 0.29) is 6.61 Å². The minimum atomic E-state index is 0.166. The van der Waals surface area contributed by atoms with Crippen LogP contribution in [0.4, 0.5) is 0 Å². The van der Waals surface area contributed by atoms with E-state index in [0.717, 1.165) is 10.8 Å². The third-order valence-corrected chi connectivity index (χ3v) is 2.36. The second-order valence-electron chi connectivity index (χ2n) is 2.94. The monoisotopic (exact) mass is 282 g/mol. The van der Waals surface area contributed by atoms with Gasteiger partial charge in [0.1, 0.15) is 5.75 Å². The summed E-state index contributed by atoms with van der Waals surface area (Å²) in [5.74, 6) is 0.919. The van der Waals surface area contributed by atoms with E-state index in [9.17, 15) is 4.79 Å². The Bertz CT molecular complexity index is 485. The molecule has 0 aliphatic heterocycles. The van der Waals surface area contributed by atoms with Gasteiger partial charge in [0.2, 0.25) is 12.2 Å². The standard InChI is InChI=1S/C10H7BrN2O3/c11-8-1-2-9(7(3-8)4-14)15-5-10-12-6-16-13-10/h1-4,6H,5H2. The van der Waals surface area contributed by atoms with Gasteiger partial charge in [-0.1, -0.05) is 21.1 Å². The maximum Gasteiger partial charge on any atom is 0.213 e. The molecule has 1 heterocycles. The first-order valence-electron chi connectivity index (χ1n) is 4.42. The van der Waals surface area contributed by atoms with E-state index in [2.05, 4.69) is 30.6 Å². The summed E-state index contributed by atoms with van der Waals surface area (Å²) in [6, 6.07) is 5.17. The van der Waals surface area contributed by atoms with Crippen LogP contribution in [0.1, 0.15) is 16.2 Å². The van der Waals surface area contributed by atoms with E-state index in [1.807, 2.05) is 0 Å². The lowest BCUT2D eigenvalue weighted by Crippen LogP contribution is -1.99. The molecule has 0 aliphatic rings. The predicted octanol–water partition coefficient (Wildman–Crippen LogP) is 2.22. The fourth-order valence-corrected chi connectivity index (χ4v) is 1.52. The van der Waals surface area contributed by atoms with E-state index >= 15 is 0 Å². The molecule has 5 nitrogen and oxygen atoms in total. The average Bonchev–Trinajstić information content (AvgIpc) is 2.80. The lowest BCUT2D eigenvalue weighted by molar-refractivity contribution is 0.111. The van der Waals surface area contributed by atoms with Gasteiger partial charge in [0, 0.05) is 4.47 Å². The summed E-state index contributed by atoms with van der Waals surface area (Å²) < 4.78 is 10.8. The zero-order chi connectivity index (χ0) is 11.4. The van der Waals surface area contributed by atoms with Crippen LogP contribution < -0.4 is 4.74 Å². The first-order valence-corrected chi connectivity index (χ1v) is 5.21. The molecule has 0 bridgehead atoms. The molecular weight excluding hydrogens is 276 g/mol.